The fourth-order valence-electron chi connectivity index (χ4n) is 4.50. The zero-order valence-electron chi connectivity index (χ0n) is 28.8. The largest absolute Gasteiger partial charge is 0.463 e. The molecule has 256 valence electrons. The van der Waals surface area contributed by atoms with Gasteiger partial charge in [-0.25, -0.2) is 0 Å². The molecule has 0 aromatic rings. The van der Waals surface area contributed by atoms with E-state index < -0.39 is 144 Å². The summed E-state index contributed by atoms with van der Waals surface area (Å²) in [7, 11) is 0. The van der Waals surface area contributed by atoms with Gasteiger partial charge in [-0.2, -0.15) is 0 Å². The summed E-state index contributed by atoms with van der Waals surface area (Å²) in [5.74, 6) is -7.56. The van der Waals surface area contributed by atoms with Crippen LogP contribution in [0.1, 0.15) is 53.9 Å². The zero-order chi connectivity index (χ0) is 37.5. The van der Waals surface area contributed by atoms with Crippen molar-refractivity contribution in [3.8, 4) is 0 Å². The van der Waals surface area contributed by atoms with E-state index in [0.717, 1.165) is 20.8 Å². The molecule has 0 spiro atoms. The molecule has 2 fully saturated rings. The molecule has 0 aromatic heterocycles. The van der Waals surface area contributed by atoms with Gasteiger partial charge in [-0.3, -0.25) is 33.6 Å². The summed E-state index contributed by atoms with van der Waals surface area (Å²) >= 11 is 0. The van der Waals surface area contributed by atoms with Crippen molar-refractivity contribution in [2.75, 3.05) is 13.2 Å². The fraction of sp³-hybridized carbons (Fsp3) is 0.731. The number of hydrogen-bond acceptors (Lipinski definition) is 18. The number of azide groups is 1. The van der Waals surface area contributed by atoms with E-state index in [1.807, 2.05) is 0 Å². The van der Waals surface area contributed by atoms with Gasteiger partial charge >= 0.3 is 41.8 Å². The topological polar surface area (TPSA) is 261 Å². The van der Waals surface area contributed by atoms with E-state index >= 15 is 0 Å². The molecular weight excluding hydrogens is 626 g/mol. The molecule has 2 heterocycles. The molecular formula is C26H35N3O17. The number of hydrogen-bond donors (Lipinski definition) is 0. The molecule has 0 aliphatic carbocycles. The van der Waals surface area contributed by atoms with Gasteiger partial charge in [0.1, 0.15) is 24.9 Å². The highest BCUT2D eigenvalue weighted by atomic mass is 16.8. The minimum atomic E-state index is -1.91. The molecule has 1 unspecified atom stereocenters. The third-order valence-electron chi connectivity index (χ3n) is 5.91. The standard InChI is InChI=1S/C26H35N3O17/c1-10(30)37-8-17-21(40-12(3)32)23(42-14(5)34)24(43-15(6)35)26(46-17)38-9-18-20(39-11(2)31)22(41-13(4)33)19(28-29-27)25(45-18)44-16(7)36/h17-26H,8-9H2,1-7H3/t17-,18-,19+,20-,21+,22-,23+,24-,25+,26?/m1/s1/i1D,3D,5D,6D. The first-order valence-electron chi connectivity index (χ1n) is 15.9. The van der Waals surface area contributed by atoms with Crippen molar-refractivity contribution in [2.24, 2.45) is 5.11 Å². The second-order valence-corrected chi connectivity index (χ2v) is 9.42. The molecule has 20 nitrogen and oxygen atoms in total. The zero-order valence-corrected chi connectivity index (χ0v) is 24.8. The highest BCUT2D eigenvalue weighted by Gasteiger charge is 2.55. The predicted octanol–water partition coefficient (Wildman–Crippen LogP) is -0.0836. The van der Waals surface area contributed by atoms with E-state index in [1.54, 1.807) is 0 Å². The summed E-state index contributed by atoms with van der Waals surface area (Å²) in [6.07, 6.45) is -15.7. The van der Waals surface area contributed by atoms with Crippen LogP contribution in [0.15, 0.2) is 5.11 Å². The fourth-order valence-corrected chi connectivity index (χ4v) is 4.50. The molecule has 2 aliphatic heterocycles. The molecule has 0 bridgehead atoms. The van der Waals surface area contributed by atoms with Crippen LogP contribution in [-0.4, -0.2) is 116 Å². The molecule has 0 aromatic carbocycles. The van der Waals surface area contributed by atoms with Crippen molar-refractivity contribution >= 4 is 41.8 Å². The normalized spacial score (nSPS) is 31.5. The Morgan fingerprint density at radius 2 is 1.07 bits per heavy atom. The van der Waals surface area contributed by atoms with Gasteiger partial charge in [-0.1, -0.05) is 5.11 Å². The van der Waals surface area contributed by atoms with Crippen LogP contribution >= 0.6 is 0 Å². The monoisotopic (exact) mass is 665 g/mol. The Morgan fingerprint density at radius 3 is 1.61 bits per heavy atom. The van der Waals surface area contributed by atoms with Crippen LogP contribution in [0.25, 0.3) is 10.4 Å². The Kier molecular flexibility index (Phi) is 11.8. The second kappa shape index (κ2) is 17.2. The number of esters is 7. The highest BCUT2D eigenvalue weighted by Crippen LogP contribution is 2.33. The Morgan fingerprint density at radius 1 is 0.609 bits per heavy atom. The first-order valence-corrected chi connectivity index (χ1v) is 13.1. The highest BCUT2D eigenvalue weighted by molar-refractivity contribution is 5.69. The summed E-state index contributed by atoms with van der Waals surface area (Å²) in [6.45, 7) is -2.40. The lowest BCUT2D eigenvalue weighted by molar-refractivity contribution is -0.322. The predicted molar refractivity (Wildman–Crippen MR) is 142 cm³/mol. The number of ether oxygens (including phenoxy) is 10. The Hall–Kier alpha value is -4.52. The van der Waals surface area contributed by atoms with Crippen molar-refractivity contribution in [2.45, 2.75) is 110 Å². The lowest BCUT2D eigenvalue weighted by Crippen LogP contribution is -2.64. The van der Waals surface area contributed by atoms with E-state index in [4.69, 9.17) is 58.4 Å². The first kappa shape index (κ1) is 31.5. The maximum atomic E-state index is 12.4. The average Bonchev–Trinajstić information content (AvgIpc) is 3.06. The third-order valence-corrected chi connectivity index (χ3v) is 5.91. The second-order valence-electron chi connectivity index (χ2n) is 9.42. The summed E-state index contributed by atoms with van der Waals surface area (Å²) in [4.78, 5) is 87.5. The van der Waals surface area contributed by atoms with Gasteiger partial charge < -0.3 is 47.4 Å². The van der Waals surface area contributed by atoms with Crippen LogP contribution < -0.4 is 0 Å². The SMILES string of the molecule is [2H]CC(=O)OC[C@H]1OC(OC[C@H]2O[C@H](OC(C)=O)[C@@H](N=[N+]=[N-])[C@@H](OC(C)=O)[C@@H]2OC(C)=O)[C@H](OC(=O)C[2H])[C@@H](OC(=O)C[2H])[C@H]1OC(=O)C[2H]. The summed E-state index contributed by atoms with van der Waals surface area (Å²) in [6, 6.07) is -1.60. The van der Waals surface area contributed by atoms with Crippen molar-refractivity contribution in [1.29, 1.82) is 0 Å². The van der Waals surface area contributed by atoms with Crippen molar-refractivity contribution in [1.82, 2.24) is 0 Å². The van der Waals surface area contributed by atoms with Gasteiger partial charge in [0.05, 0.1) is 6.61 Å². The molecule has 0 radical (unpaired) electrons. The molecule has 2 saturated heterocycles. The van der Waals surface area contributed by atoms with E-state index in [1.165, 1.54) is 0 Å². The first-order chi connectivity index (χ1) is 23.7. The smallest absolute Gasteiger partial charge is 0.304 e. The number of rotatable bonds is 12. The van der Waals surface area contributed by atoms with E-state index in [0.29, 0.717) is 0 Å². The lowest BCUT2D eigenvalue weighted by Gasteiger charge is -2.45. The van der Waals surface area contributed by atoms with E-state index in [9.17, 15) is 33.6 Å². The average molecular weight is 666 g/mol. The van der Waals surface area contributed by atoms with Gasteiger partial charge in [0, 0.05) is 58.8 Å². The molecule has 0 amide bonds. The number of nitrogens with zero attached hydrogens (tertiary/aromatic N) is 3. The quantitative estimate of drug-likeness (QED) is 0.0867. The Balaban J connectivity index is 2.63. The number of carbonyl (C=O) groups is 7. The minimum absolute atomic E-state index is 0.783. The van der Waals surface area contributed by atoms with Crippen molar-refractivity contribution in [3.05, 3.63) is 10.4 Å². The van der Waals surface area contributed by atoms with Crippen LogP contribution in [-0.2, 0) is 80.9 Å². The summed E-state index contributed by atoms with van der Waals surface area (Å²) in [5, 5.41) is 3.48. The van der Waals surface area contributed by atoms with Crippen LogP contribution in [0.4, 0.5) is 0 Å². The molecule has 0 saturated carbocycles. The molecule has 20 heteroatoms. The Labute approximate surface area is 267 Å². The van der Waals surface area contributed by atoms with E-state index in [-0.39, 0.29) is 0 Å². The van der Waals surface area contributed by atoms with Gasteiger partial charge in [0.15, 0.2) is 36.8 Å². The minimum Gasteiger partial charge on any atom is -0.463 e. The maximum Gasteiger partial charge on any atom is 0.304 e. The van der Waals surface area contributed by atoms with Crippen molar-refractivity contribution in [3.63, 3.8) is 0 Å². The van der Waals surface area contributed by atoms with Crippen molar-refractivity contribution < 1.29 is 86.4 Å². The third kappa shape index (κ3) is 11.1. The molecule has 2 rings (SSSR count). The molecule has 46 heavy (non-hydrogen) atoms. The van der Waals surface area contributed by atoms with Crippen LogP contribution in [0.3, 0.4) is 0 Å². The lowest BCUT2D eigenvalue weighted by atomic mass is 9.96. The van der Waals surface area contributed by atoms with Crippen LogP contribution in [0, 0.1) is 0 Å². The van der Waals surface area contributed by atoms with Gasteiger partial charge in [-0.15, -0.1) is 0 Å². The molecule has 10 atom stereocenters. The summed E-state index contributed by atoms with van der Waals surface area (Å²) < 4.78 is 83.1. The van der Waals surface area contributed by atoms with E-state index in [2.05, 4.69) is 10.0 Å². The molecule has 0 N–H and O–H groups in total. The Bertz CT molecular complexity index is 1300. The van der Waals surface area contributed by atoms with Gasteiger partial charge in [0.25, 0.3) is 0 Å². The van der Waals surface area contributed by atoms with Gasteiger partial charge in [-0.05, 0) is 5.53 Å². The molecule has 2 aliphatic rings. The number of carbonyl (C=O) groups excluding carboxylic acids is 7. The van der Waals surface area contributed by atoms with Crippen LogP contribution in [0.5, 0.6) is 0 Å². The van der Waals surface area contributed by atoms with Crippen LogP contribution in [0.2, 0.25) is 0 Å². The summed E-state index contributed by atoms with van der Waals surface area (Å²) in [5.41, 5.74) is 9.15. The van der Waals surface area contributed by atoms with Gasteiger partial charge in [0.2, 0.25) is 6.29 Å². The maximum absolute atomic E-state index is 12.4.